The number of rotatable bonds is 8. The molecular formula is C45H42N2. The van der Waals surface area contributed by atoms with Crippen molar-refractivity contribution in [2.24, 2.45) is 5.92 Å². The predicted octanol–water partition coefficient (Wildman–Crippen LogP) is 12.2. The highest BCUT2D eigenvalue weighted by Crippen LogP contribution is 2.50. The summed E-state index contributed by atoms with van der Waals surface area (Å²) in [6, 6.07) is 42.1. The molecule has 2 heteroatoms. The monoisotopic (exact) mass is 610 g/mol. The highest BCUT2D eigenvalue weighted by Gasteiger charge is 2.35. The molecule has 0 aromatic heterocycles. The molecule has 2 nitrogen and oxygen atoms in total. The fraction of sp³-hybridized carbons (Fsp3) is 0.156. The summed E-state index contributed by atoms with van der Waals surface area (Å²) < 4.78 is 0. The van der Waals surface area contributed by atoms with Gasteiger partial charge in [0.1, 0.15) is 0 Å². The van der Waals surface area contributed by atoms with Crippen LogP contribution in [0, 0.1) is 12.8 Å². The molecule has 7 rings (SSSR count). The first-order valence-electron chi connectivity index (χ1n) is 16.7. The third-order valence-corrected chi connectivity index (χ3v) is 9.58. The third kappa shape index (κ3) is 5.88. The van der Waals surface area contributed by atoms with Gasteiger partial charge in [0.25, 0.3) is 0 Å². The second-order valence-electron chi connectivity index (χ2n) is 12.7. The Morgan fingerprint density at radius 1 is 0.702 bits per heavy atom. The second kappa shape index (κ2) is 13.2. The summed E-state index contributed by atoms with van der Waals surface area (Å²) in [4.78, 5) is 4.96. The third-order valence-electron chi connectivity index (χ3n) is 9.58. The molecule has 5 aromatic carbocycles. The number of hydrogen-bond donors (Lipinski definition) is 0. The van der Waals surface area contributed by atoms with Crippen molar-refractivity contribution in [3.63, 3.8) is 0 Å². The Morgan fingerprint density at radius 3 is 1.98 bits per heavy atom. The maximum atomic E-state index is 2.54. The topological polar surface area (TPSA) is 6.48 Å². The number of hydrogen-bond acceptors (Lipinski definition) is 2. The van der Waals surface area contributed by atoms with E-state index < -0.39 is 0 Å². The predicted molar refractivity (Wildman–Crippen MR) is 203 cm³/mol. The van der Waals surface area contributed by atoms with E-state index >= 15 is 0 Å². The van der Waals surface area contributed by atoms with Gasteiger partial charge in [0.2, 0.25) is 0 Å². The van der Waals surface area contributed by atoms with E-state index in [1.54, 1.807) is 0 Å². The number of para-hydroxylation sites is 2. The van der Waals surface area contributed by atoms with E-state index in [1.165, 1.54) is 50.1 Å². The summed E-state index contributed by atoms with van der Waals surface area (Å²) in [5.41, 5.74) is 11.2. The van der Waals surface area contributed by atoms with Crippen LogP contribution < -0.4 is 9.80 Å². The average Bonchev–Trinajstić information content (AvgIpc) is 3.12. The maximum absolute atomic E-state index is 2.54. The minimum Gasteiger partial charge on any atom is -0.338 e. The van der Waals surface area contributed by atoms with Crippen LogP contribution in [0.3, 0.4) is 0 Å². The molecule has 0 saturated carbocycles. The normalized spacial score (nSPS) is 17.7. The molecule has 0 radical (unpaired) electrons. The fourth-order valence-electron chi connectivity index (χ4n) is 7.06. The Balaban J connectivity index is 1.48. The summed E-state index contributed by atoms with van der Waals surface area (Å²) in [6.45, 7) is 8.71. The first kappa shape index (κ1) is 30.3. The van der Waals surface area contributed by atoms with E-state index in [0.29, 0.717) is 0 Å². The van der Waals surface area contributed by atoms with Crippen LogP contribution in [0.25, 0.3) is 16.8 Å². The average molecular weight is 611 g/mol. The molecule has 2 aliphatic rings. The van der Waals surface area contributed by atoms with Crippen LogP contribution in [-0.2, 0) is 0 Å². The Morgan fingerprint density at radius 2 is 1.30 bits per heavy atom. The first-order chi connectivity index (χ1) is 23.0. The van der Waals surface area contributed by atoms with Gasteiger partial charge in [-0.2, -0.15) is 0 Å². The lowest BCUT2D eigenvalue weighted by Gasteiger charge is -2.42. The highest BCUT2D eigenvalue weighted by molar-refractivity contribution is 6.04. The van der Waals surface area contributed by atoms with Crippen LogP contribution in [0.4, 0.5) is 22.7 Å². The zero-order valence-electron chi connectivity index (χ0n) is 27.7. The van der Waals surface area contributed by atoms with Crippen molar-refractivity contribution >= 4 is 39.6 Å². The van der Waals surface area contributed by atoms with Gasteiger partial charge in [0, 0.05) is 46.0 Å². The number of aryl methyl sites for hydroxylation is 1. The SMILES string of the molecule is C/C=C(C)\C=C/C(C)N(C1=Cc2c(cc(N(c3ccccc3)c3ccc(C)cc3)c3ccccc23)C2C=CC=CC12)c1ccccc1. The molecule has 47 heavy (non-hydrogen) atoms. The number of benzene rings is 5. The largest absolute Gasteiger partial charge is 0.338 e. The van der Waals surface area contributed by atoms with Gasteiger partial charge in [-0.15, -0.1) is 0 Å². The molecular weight excluding hydrogens is 569 g/mol. The van der Waals surface area contributed by atoms with E-state index in [4.69, 9.17) is 0 Å². The standard InChI is InChI=1S/C45H42N2/c1-5-32(2)24-27-34(4)46(35-16-8-6-9-17-35)44-30-42-39-21-13-15-23-41(39)45(31-43(42)38-20-12-14-22-40(38)44)47(36-18-10-7-11-19-36)37-28-25-33(3)26-29-37/h5-31,34,38,40H,1-4H3/b27-24-,32-5-. The first-order valence-corrected chi connectivity index (χ1v) is 16.7. The van der Waals surface area contributed by atoms with Crippen LogP contribution in [0.1, 0.15) is 43.4 Å². The van der Waals surface area contributed by atoms with Crippen molar-refractivity contribution < 1.29 is 0 Å². The summed E-state index contributed by atoms with van der Waals surface area (Å²) in [5.74, 6) is 0.401. The van der Waals surface area contributed by atoms with Crippen molar-refractivity contribution in [1.29, 1.82) is 0 Å². The Hall–Kier alpha value is -5.34. The van der Waals surface area contributed by atoms with E-state index in [-0.39, 0.29) is 17.9 Å². The lowest BCUT2D eigenvalue weighted by molar-refractivity contribution is 0.613. The molecule has 0 heterocycles. The highest BCUT2D eigenvalue weighted by atomic mass is 15.2. The van der Waals surface area contributed by atoms with Crippen LogP contribution in [0.15, 0.2) is 169 Å². The molecule has 0 fully saturated rings. The Labute approximate surface area is 280 Å². The van der Waals surface area contributed by atoms with Gasteiger partial charge in [-0.05, 0) is 92.7 Å². The molecule has 2 aliphatic carbocycles. The molecule has 0 N–H and O–H groups in total. The Kier molecular flexibility index (Phi) is 8.50. The van der Waals surface area contributed by atoms with E-state index in [1.807, 2.05) is 0 Å². The summed E-state index contributed by atoms with van der Waals surface area (Å²) in [6.07, 6.45) is 18.5. The fourth-order valence-corrected chi connectivity index (χ4v) is 7.06. The van der Waals surface area contributed by atoms with Gasteiger partial charge in [-0.3, -0.25) is 0 Å². The van der Waals surface area contributed by atoms with Crippen molar-refractivity contribution in [2.45, 2.75) is 39.7 Å². The molecule has 0 aliphatic heterocycles. The maximum Gasteiger partial charge on any atom is 0.0543 e. The minimum absolute atomic E-state index is 0.153. The Bertz CT molecular complexity index is 2030. The molecule has 232 valence electrons. The smallest absolute Gasteiger partial charge is 0.0543 e. The van der Waals surface area contributed by atoms with Gasteiger partial charge >= 0.3 is 0 Å². The summed E-state index contributed by atoms with van der Waals surface area (Å²) in [5, 5.41) is 2.51. The van der Waals surface area contributed by atoms with Crippen molar-refractivity contribution in [1.82, 2.24) is 0 Å². The molecule has 3 unspecified atom stereocenters. The molecule has 0 saturated heterocycles. The van der Waals surface area contributed by atoms with Gasteiger partial charge in [0.15, 0.2) is 0 Å². The molecule has 0 spiro atoms. The van der Waals surface area contributed by atoms with Gasteiger partial charge in [0.05, 0.1) is 5.69 Å². The quantitative estimate of drug-likeness (QED) is 0.161. The molecule has 0 amide bonds. The van der Waals surface area contributed by atoms with Crippen LogP contribution >= 0.6 is 0 Å². The van der Waals surface area contributed by atoms with Crippen LogP contribution in [-0.4, -0.2) is 6.04 Å². The van der Waals surface area contributed by atoms with E-state index in [9.17, 15) is 0 Å². The number of anilines is 4. The molecule has 0 bridgehead atoms. The van der Waals surface area contributed by atoms with Crippen LogP contribution in [0.5, 0.6) is 0 Å². The van der Waals surface area contributed by atoms with Gasteiger partial charge < -0.3 is 9.80 Å². The second-order valence-corrected chi connectivity index (χ2v) is 12.7. The van der Waals surface area contributed by atoms with Crippen molar-refractivity contribution in [2.75, 3.05) is 9.80 Å². The zero-order chi connectivity index (χ0) is 32.3. The lowest BCUT2D eigenvalue weighted by Crippen LogP contribution is -2.37. The molecule has 5 aromatic rings. The van der Waals surface area contributed by atoms with E-state index in [0.717, 1.165) is 11.4 Å². The minimum atomic E-state index is 0.153. The number of nitrogens with zero attached hydrogens (tertiary/aromatic N) is 2. The summed E-state index contributed by atoms with van der Waals surface area (Å²) in [7, 11) is 0. The van der Waals surface area contributed by atoms with Gasteiger partial charge in [-0.25, -0.2) is 0 Å². The van der Waals surface area contributed by atoms with Crippen LogP contribution in [0.2, 0.25) is 0 Å². The van der Waals surface area contributed by atoms with Gasteiger partial charge in [-0.1, -0.05) is 126 Å². The van der Waals surface area contributed by atoms with Crippen molar-refractivity contribution in [3.05, 3.63) is 186 Å². The zero-order valence-corrected chi connectivity index (χ0v) is 27.7. The summed E-state index contributed by atoms with van der Waals surface area (Å²) >= 11 is 0. The van der Waals surface area contributed by atoms with Crippen molar-refractivity contribution in [3.8, 4) is 0 Å². The number of allylic oxidation sites excluding steroid dienone is 7. The number of fused-ring (bicyclic) bond motifs is 5. The molecule has 3 atom stereocenters. The lowest BCUT2D eigenvalue weighted by atomic mass is 9.73. The van der Waals surface area contributed by atoms with E-state index in [2.05, 4.69) is 201 Å².